The third kappa shape index (κ3) is 2.46. The lowest BCUT2D eigenvalue weighted by molar-refractivity contribution is 0.254. The van der Waals surface area contributed by atoms with Crippen molar-refractivity contribution in [2.75, 3.05) is 12.4 Å². The average molecular weight is 231 g/mol. The average Bonchev–Trinajstić information content (AvgIpc) is 2.09. The zero-order valence-electron chi connectivity index (χ0n) is 6.34. The van der Waals surface area contributed by atoms with Crippen LogP contribution < -0.4 is 10.6 Å². The first kappa shape index (κ1) is 8.92. The molecule has 0 aliphatic carbocycles. The SMILES string of the molecule is CNC(=O)Nc1cnc(Br)cn1. The van der Waals surface area contributed by atoms with Gasteiger partial charge < -0.3 is 5.32 Å². The van der Waals surface area contributed by atoms with Crippen LogP contribution in [0.2, 0.25) is 0 Å². The third-order valence-corrected chi connectivity index (χ3v) is 1.50. The van der Waals surface area contributed by atoms with E-state index in [9.17, 15) is 4.79 Å². The second kappa shape index (κ2) is 4.01. The van der Waals surface area contributed by atoms with Gasteiger partial charge in [-0.05, 0) is 15.9 Å². The standard InChI is InChI=1S/C6H7BrN4O/c1-8-6(12)11-5-3-9-4(7)2-10-5/h2-3H,1H3,(H2,8,10,11,12). The number of halogens is 1. The van der Waals surface area contributed by atoms with Gasteiger partial charge in [0.05, 0.1) is 12.4 Å². The summed E-state index contributed by atoms with van der Waals surface area (Å²) in [6.07, 6.45) is 2.96. The van der Waals surface area contributed by atoms with E-state index in [0.717, 1.165) is 0 Å². The molecule has 0 fully saturated rings. The molecule has 1 heterocycles. The normalized spacial score (nSPS) is 9.17. The molecule has 0 aliphatic heterocycles. The number of carbonyl (C=O) groups excluding carboxylic acids is 1. The summed E-state index contributed by atoms with van der Waals surface area (Å²) in [6.45, 7) is 0. The lowest BCUT2D eigenvalue weighted by Crippen LogP contribution is -2.24. The molecule has 0 radical (unpaired) electrons. The Morgan fingerprint density at radius 1 is 1.50 bits per heavy atom. The molecule has 0 saturated carbocycles. The van der Waals surface area contributed by atoms with Crippen molar-refractivity contribution in [3.8, 4) is 0 Å². The van der Waals surface area contributed by atoms with E-state index in [-0.39, 0.29) is 6.03 Å². The molecule has 2 amide bonds. The minimum Gasteiger partial charge on any atom is -0.341 e. The fourth-order valence-electron chi connectivity index (χ4n) is 0.556. The summed E-state index contributed by atoms with van der Waals surface area (Å²) in [6, 6.07) is -0.313. The largest absolute Gasteiger partial charge is 0.341 e. The van der Waals surface area contributed by atoms with Crippen molar-refractivity contribution < 1.29 is 4.79 Å². The van der Waals surface area contributed by atoms with E-state index in [1.54, 1.807) is 0 Å². The van der Waals surface area contributed by atoms with Crippen LogP contribution in [0.3, 0.4) is 0 Å². The number of urea groups is 1. The highest BCUT2D eigenvalue weighted by Gasteiger charge is 1.98. The molecule has 1 aromatic heterocycles. The van der Waals surface area contributed by atoms with E-state index in [0.29, 0.717) is 10.4 Å². The first-order valence-electron chi connectivity index (χ1n) is 3.18. The molecular formula is C6H7BrN4O. The zero-order valence-corrected chi connectivity index (χ0v) is 7.92. The Labute approximate surface area is 77.7 Å². The van der Waals surface area contributed by atoms with Crippen molar-refractivity contribution in [3.05, 3.63) is 17.0 Å². The van der Waals surface area contributed by atoms with E-state index in [1.165, 1.54) is 19.4 Å². The second-order valence-electron chi connectivity index (χ2n) is 1.93. The molecule has 12 heavy (non-hydrogen) atoms. The lowest BCUT2D eigenvalue weighted by atomic mass is 10.6. The molecule has 0 saturated heterocycles. The molecule has 1 aromatic rings. The summed E-state index contributed by atoms with van der Waals surface area (Å²) in [5, 5.41) is 4.87. The molecule has 6 heteroatoms. The molecule has 0 aliphatic rings. The van der Waals surface area contributed by atoms with Crippen LogP contribution in [0.25, 0.3) is 0 Å². The van der Waals surface area contributed by atoms with Gasteiger partial charge in [-0.25, -0.2) is 14.8 Å². The van der Waals surface area contributed by atoms with Crippen molar-refractivity contribution >= 4 is 27.8 Å². The maximum Gasteiger partial charge on any atom is 0.320 e. The summed E-state index contributed by atoms with van der Waals surface area (Å²) in [4.78, 5) is 18.5. The van der Waals surface area contributed by atoms with Crippen molar-refractivity contribution in [1.82, 2.24) is 15.3 Å². The molecule has 0 unspecified atom stereocenters. The smallest absolute Gasteiger partial charge is 0.320 e. The van der Waals surface area contributed by atoms with Crippen LogP contribution in [-0.2, 0) is 0 Å². The molecule has 0 aromatic carbocycles. The van der Waals surface area contributed by atoms with Gasteiger partial charge in [0, 0.05) is 7.05 Å². The highest BCUT2D eigenvalue weighted by atomic mass is 79.9. The van der Waals surface area contributed by atoms with Crippen LogP contribution in [0.4, 0.5) is 10.6 Å². The predicted octanol–water partition coefficient (Wildman–Crippen LogP) is 0.990. The van der Waals surface area contributed by atoms with Gasteiger partial charge in [0.25, 0.3) is 0 Å². The Balaban J connectivity index is 2.64. The van der Waals surface area contributed by atoms with Crippen LogP contribution in [0.5, 0.6) is 0 Å². The Kier molecular flexibility index (Phi) is 2.98. The molecule has 0 bridgehead atoms. The molecule has 1 rings (SSSR count). The summed E-state index contributed by atoms with van der Waals surface area (Å²) >= 11 is 3.13. The number of nitrogens with one attached hydrogen (secondary N) is 2. The monoisotopic (exact) mass is 230 g/mol. The number of anilines is 1. The molecule has 64 valence electrons. The first-order chi connectivity index (χ1) is 5.72. The minimum absolute atomic E-state index is 0.313. The zero-order chi connectivity index (χ0) is 8.97. The maximum atomic E-state index is 10.8. The van der Waals surface area contributed by atoms with Crippen molar-refractivity contribution in [2.24, 2.45) is 0 Å². The molecule has 5 nitrogen and oxygen atoms in total. The number of carbonyl (C=O) groups is 1. The quantitative estimate of drug-likeness (QED) is 0.757. The fraction of sp³-hybridized carbons (Fsp3) is 0.167. The number of hydrogen-bond acceptors (Lipinski definition) is 3. The molecule has 0 atom stereocenters. The third-order valence-electron chi connectivity index (χ3n) is 1.09. The lowest BCUT2D eigenvalue weighted by Gasteiger charge is -2.01. The number of rotatable bonds is 1. The van der Waals surface area contributed by atoms with E-state index in [1.807, 2.05) is 0 Å². The summed E-state index contributed by atoms with van der Waals surface area (Å²) in [5.74, 6) is 0.414. The summed E-state index contributed by atoms with van der Waals surface area (Å²) < 4.78 is 0.630. The first-order valence-corrected chi connectivity index (χ1v) is 3.98. The van der Waals surface area contributed by atoms with Gasteiger partial charge in [0.1, 0.15) is 4.60 Å². The number of hydrogen-bond donors (Lipinski definition) is 2. The molecule has 0 spiro atoms. The topological polar surface area (TPSA) is 66.9 Å². The highest BCUT2D eigenvalue weighted by molar-refractivity contribution is 9.10. The Bertz CT molecular complexity index is 273. The van der Waals surface area contributed by atoms with Crippen molar-refractivity contribution in [3.63, 3.8) is 0 Å². The fourth-order valence-corrected chi connectivity index (χ4v) is 0.760. The van der Waals surface area contributed by atoms with Gasteiger partial charge in [-0.15, -0.1) is 0 Å². The summed E-state index contributed by atoms with van der Waals surface area (Å²) in [7, 11) is 1.53. The van der Waals surface area contributed by atoms with Gasteiger partial charge >= 0.3 is 6.03 Å². The second-order valence-corrected chi connectivity index (χ2v) is 2.74. The van der Waals surface area contributed by atoms with E-state index in [2.05, 4.69) is 36.5 Å². The number of nitrogens with zero attached hydrogens (tertiary/aromatic N) is 2. The van der Waals surface area contributed by atoms with Gasteiger partial charge in [-0.1, -0.05) is 0 Å². The molecular weight excluding hydrogens is 224 g/mol. The number of amides is 2. The van der Waals surface area contributed by atoms with Gasteiger partial charge in [-0.3, -0.25) is 5.32 Å². The highest BCUT2D eigenvalue weighted by Crippen LogP contribution is 2.05. The van der Waals surface area contributed by atoms with Crippen molar-refractivity contribution in [2.45, 2.75) is 0 Å². The van der Waals surface area contributed by atoms with E-state index < -0.39 is 0 Å². The Morgan fingerprint density at radius 3 is 2.75 bits per heavy atom. The van der Waals surface area contributed by atoms with Crippen LogP contribution in [-0.4, -0.2) is 23.0 Å². The minimum atomic E-state index is -0.313. The maximum absolute atomic E-state index is 10.8. The number of aromatic nitrogens is 2. The predicted molar refractivity (Wildman–Crippen MR) is 47.8 cm³/mol. The van der Waals surface area contributed by atoms with Crippen LogP contribution in [0.1, 0.15) is 0 Å². The van der Waals surface area contributed by atoms with Crippen LogP contribution in [0.15, 0.2) is 17.0 Å². The van der Waals surface area contributed by atoms with E-state index in [4.69, 9.17) is 0 Å². The van der Waals surface area contributed by atoms with Crippen molar-refractivity contribution in [1.29, 1.82) is 0 Å². The Hall–Kier alpha value is -1.17. The molecule has 2 N–H and O–H groups in total. The van der Waals surface area contributed by atoms with Gasteiger partial charge in [-0.2, -0.15) is 0 Å². The van der Waals surface area contributed by atoms with Crippen LogP contribution >= 0.6 is 15.9 Å². The van der Waals surface area contributed by atoms with Crippen LogP contribution in [0, 0.1) is 0 Å². The Morgan fingerprint density at radius 2 is 2.25 bits per heavy atom. The van der Waals surface area contributed by atoms with Gasteiger partial charge in [0.15, 0.2) is 5.82 Å². The summed E-state index contributed by atoms with van der Waals surface area (Å²) in [5.41, 5.74) is 0. The van der Waals surface area contributed by atoms with Gasteiger partial charge in [0.2, 0.25) is 0 Å². The van der Waals surface area contributed by atoms with E-state index >= 15 is 0 Å².